The minimum absolute atomic E-state index is 0. The Balaban J connectivity index is 0.00000200. The topological polar surface area (TPSA) is 32.3 Å². The predicted octanol–water partition coefficient (Wildman–Crippen LogP) is 2.60. The van der Waals surface area contributed by atoms with Gasteiger partial charge in [-0.1, -0.05) is 6.42 Å². The van der Waals surface area contributed by atoms with E-state index in [0.29, 0.717) is 25.9 Å². The first-order chi connectivity index (χ1) is 8.91. The molecular formula is C13H22ClF3N2O. The van der Waals surface area contributed by atoms with E-state index in [-0.39, 0.29) is 37.2 Å². The molecule has 1 heterocycles. The maximum absolute atomic E-state index is 12.7. The molecule has 1 saturated heterocycles. The van der Waals surface area contributed by atoms with Crippen molar-refractivity contribution in [3.63, 3.8) is 0 Å². The van der Waals surface area contributed by atoms with Crippen molar-refractivity contribution in [2.45, 2.75) is 44.3 Å². The third-order valence-electron chi connectivity index (χ3n) is 4.39. The molecule has 7 heteroatoms. The fraction of sp³-hybridized carbons (Fsp3) is 0.923. The van der Waals surface area contributed by atoms with Crippen LogP contribution in [0.4, 0.5) is 13.2 Å². The summed E-state index contributed by atoms with van der Waals surface area (Å²) in [5, 5.41) is 3.11. The third kappa shape index (κ3) is 4.01. The first-order valence-electron chi connectivity index (χ1n) is 6.94. The van der Waals surface area contributed by atoms with Crippen LogP contribution in [0.2, 0.25) is 0 Å². The van der Waals surface area contributed by atoms with Crippen LogP contribution in [-0.2, 0) is 4.79 Å². The lowest BCUT2D eigenvalue weighted by atomic mass is 9.80. The second-order valence-electron chi connectivity index (χ2n) is 5.66. The Morgan fingerprint density at radius 1 is 1.25 bits per heavy atom. The minimum atomic E-state index is -4.16. The van der Waals surface area contributed by atoms with Crippen molar-refractivity contribution in [1.29, 1.82) is 0 Å². The summed E-state index contributed by atoms with van der Waals surface area (Å²) in [7, 11) is 1.85. The maximum atomic E-state index is 12.7. The number of likely N-dealkylation sites (N-methyl/N-ethyl adjacent to an activating group) is 1. The molecule has 0 radical (unpaired) electrons. The minimum Gasteiger partial charge on any atom is -0.341 e. The second kappa shape index (κ2) is 6.98. The lowest BCUT2D eigenvalue weighted by Gasteiger charge is -2.32. The summed E-state index contributed by atoms with van der Waals surface area (Å²) in [5.74, 6) is -1.81. The van der Waals surface area contributed by atoms with Crippen LogP contribution in [0.5, 0.6) is 0 Å². The van der Waals surface area contributed by atoms with Gasteiger partial charge >= 0.3 is 6.18 Å². The molecule has 2 rings (SSSR count). The molecule has 1 aliphatic heterocycles. The largest absolute Gasteiger partial charge is 0.391 e. The van der Waals surface area contributed by atoms with Gasteiger partial charge in [-0.15, -0.1) is 12.4 Å². The fourth-order valence-corrected chi connectivity index (χ4v) is 3.17. The summed E-state index contributed by atoms with van der Waals surface area (Å²) in [5.41, 5.74) is 0. The number of nitrogens with zero attached hydrogens (tertiary/aromatic N) is 1. The molecule has 0 aromatic carbocycles. The zero-order chi connectivity index (χ0) is 14.0. The van der Waals surface area contributed by atoms with Crippen molar-refractivity contribution < 1.29 is 18.0 Å². The number of carbonyl (C=O) groups is 1. The van der Waals surface area contributed by atoms with Crippen LogP contribution in [0, 0.1) is 11.8 Å². The van der Waals surface area contributed by atoms with Crippen molar-refractivity contribution in [1.82, 2.24) is 10.2 Å². The van der Waals surface area contributed by atoms with E-state index < -0.39 is 18.0 Å². The van der Waals surface area contributed by atoms with Crippen molar-refractivity contribution >= 4 is 18.3 Å². The van der Waals surface area contributed by atoms with Gasteiger partial charge in [-0.05, 0) is 32.7 Å². The molecule has 2 fully saturated rings. The van der Waals surface area contributed by atoms with Crippen LogP contribution in [0.15, 0.2) is 0 Å². The molecule has 1 aliphatic carbocycles. The number of alkyl halides is 3. The van der Waals surface area contributed by atoms with Crippen LogP contribution in [-0.4, -0.2) is 43.2 Å². The molecule has 1 amide bonds. The number of amides is 1. The molecule has 3 atom stereocenters. The number of rotatable bonds is 2. The molecule has 2 aliphatic rings. The monoisotopic (exact) mass is 314 g/mol. The summed E-state index contributed by atoms with van der Waals surface area (Å²) >= 11 is 0. The first kappa shape index (κ1) is 17.6. The quantitative estimate of drug-likeness (QED) is 0.849. The Morgan fingerprint density at radius 3 is 2.50 bits per heavy atom. The van der Waals surface area contributed by atoms with E-state index in [1.165, 1.54) is 0 Å². The highest BCUT2D eigenvalue weighted by Gasteiger charge is 2.44. The molecular weight excluding hydrogens is 293 g/mol. The highest BCUT2D eigenvalue weighted by atomic mass is 35.5. The first-order valence-corrected chi connectivity index (χ1v) is 6.94. The van der Waals surface area contributed by atoms with Crippen molar-refractivity contribution in [2.75, 3.05) is 20.1 Å². The number of likely N-dealkylation sites (tertiary alicyclic amines) is 1. The second-order valence-corrected chi connectivity index (χ2v) is 5.66. The Kier molecular flexibility index (Phi) is 6.13. The molecule has 0 aromatic rings. The van der Waals surface area contributed by atoms with Crippen molar-refractivity contribution in [3.8, 4) is 0 Å². The molecule has 118 valence electrons. The average Bonchev–Trinajstić information content (AvgIpc) is 2.86. The Morgan fingerprint density at radius 2 is 1.95 bits per heavy atom. The molecule has 0 aromatic heterocycles. The number of nitrogens with one attached hydrogen (secondary N) is 1. The van der Waals surface area contributed by atoms with Crippen LogP contribution >= 0.6 is 12.4 Å². The van der Waals surface area contributed by atoms with Gasteiger partial charge in [0.15, 0.2) is 0 Å². The van der Waals surface area contributed by atoms with Gasteiger partial charge in [-0.2, -0.15) is 13.2 Å². The number of hydrogen-bond donors (Lipinski definition) is 1. The lowest BCUT2D eigenvalue weighted by Crippen LogP contribution is -2.40. The van der Waals surface area contributed by atoms with Gasteiger partial charge < -0.3 is 10.2 Å². The molecule has 1 N–H and O–H groups in total. The summed E-state index contributed by atoms with van der Waals surface area (Å²) in [6, 6.07) is 0.283. The summed E-state index contributed by atoms with van der Waals surface area (Å²) in [4.78, 5) is 14.0. The van der Waals surface area contributed by atoms with Gasteiger partial charge in [-0.25, -0.2) is 0 Å². The van der Waals surface area contributed by atoms with Gasteiger partial charge in [0.2, 0.25) is 5.91 Å². The predicted molar refractivity (Wildman–Crippen MR) is 72.8 cm³/mol. The summed E-state index contributed by atoms with van der Waals surface area (Å²) < 4.78 is 38.2. The van der Waals surface area contributed by atoms with Gasteiger partial charge in [-0.3, -0.25) is 4.79 Å². The van der Waals surface area contributed by atoms with Gasteiger partial charge in [0.05, 0.1) is 5.92 Å². The van der Waals surface area contributed by atoms with Crippen LogP contribution < -0.4 is 5.32 Å². The highest BCUT2D eigenvalue weighted by Crippen LogP contribution is 2.40. The average molecular weight is 315 g/mol. The molecule has 0 bridgehead atoms. The van der Waals surface area contributed by atoms with Gasteiger partial charge in [0.1, 0.15) is 0 Å². The molecule has 3 nitrogen and oxygen atoms in total. The van der Waals surface area contributed by atoms with E-state index in [4.69, 9.17) is 0 Å². The van der Waals surface area contributed by atoms with Crippen LogP contribution in [0.1, 0.15) is 32.1 Å². The zero-order valence-electron chi connectivity index (χ0n) is 11.6. The van der Waals surface area contributed by atoms with Crippen LogP contribution in [0.25, 0.3) is 0 Å². The van der Waals surface area contributed by atoms with E-state index in [1.54, 1.807) is 4.90 Å². The molecule has 1 saturated carbocycles. The Hall–Kier alpha value is -0.490. The molecule has 20 heavy (non-hydrogen) atoms. The van der Waals surface area contributed by atoms with E-state index in [9.17, 15) is 18.0 Å². The van der Waals surface area contributed by atoms with E-state index in [2.05, 4.69) is 5.32 Å². The highest BCUT2D eigenvalue weighted by molar-refractivity contribution is 5.85. The zero-order valence-corrected chi connectivity index (χ0v) is 12.4. The van der Waals surface area contributed by atoms with Gasteiger partial charge in [0, 0.05) is 25.0 Å². The SMILES string of the molecule is CNC1CCN(C(=O)C2CCCC(C(F)(F)F)C2)C1.Cl. The normalized spacial score (nSPS) is 31.0. The van der Waals surface area contributed by atoms with Crippen LogP contribution in [0.3, 0.4) is 0 Å². The number of halogens is 4. The number of carbonyl (C=O) groups excluding carboxylic acids is 1. The number of hydrogen-bond acceptors (Lipinski definition) is 2. The van der Waals surface area contributed by atoms with Crippen molar-refractivity contribution in [3.05, 3.63) is 0 Å². The van der Waals surface area contributed by atoms with Crippen molar-refractivity contribution in [2.24, 2.45) is 11.8 Å². The summed E-state index contributed by atoms with van der Waals surface area (Å²) in [6.45, 7) is 1.29. The Bertz CT molecular complexity index is 338. The molecule has 0 spiro atoms. The maximum Gasteiger partial charge on any atom is 0.391 e. The standard InChI is InChI=1S/C13H21F3N2O.ClH/c1-17-11-5-6-18(8-11)12(19)9-3-2-4-10(7-9)13(14,15)16;/h9-11,17H,2-8H2,1H3;1H. The third-order valence-corrected chi connectivity index (χ3v) is 4.39. The molecule has 3 unspecified atom stereocenters. The van der Waals surface area contributed by atoms with E-state index in [0.717, 1.165) is 6.42 Å². The van der Waals surface area contributed by atoms with E-state index in [1.807, 2.05) is 7.05 Å². The lowest BCUT2D eigenvalue weighted by molar-refractivity contribution is -0.187. The van der Waals surface area contributed by atoms with E-state index >= 15 is 0 Å². The summed E-state index contributed by atoms with van der Waals surface area (Å²) in [6.07, 6.45) is -2.01. The Labute approximate surface area is 123 Å². The van der Waals surface area contributed by atoms with Gasteiger partial charge in [0.25, 0.3) is 0 Å². The smallest absolute Gasteiger partial charge is 0.341 e. The fourth-order valence-electron chi connectivity index (χ4n) is 3.17.